The molecule has 4 nitrogen and oxygen atoms in total. The highest BCUT2D eigenvalue weighted by molar-refractivity contribution is 5.14. The van der Waals surface area contributed by atoms with Crippen LogP contribution in [0.5, 0.6) is 0 Å². The van der Waals surface area contributed by atoms with E-state index >= 15 is 0 Å². The second-order valence-corrected chi connectivity index (χ2v) is 4.94. The fraction of sp³-hybridized carbons (Fsp3) is 0.667. The van der Waals surface area contributed by atoms with E-state index in [1.54, 1.807) is 0 Å². The standard InChI is InChI=1S/C12H18N4/c1-16-5-3-9(8-16)11-2-4-14-12(15-11)10-6-13-7-10/h2,4,9-10,13H,3,5-8H2,1H3. The molecule has 0 amide bonds. The van der Waals surface area contributed by atoms with Gasteiger partial charge in [0.2, 0.25) is 0 Å². The normalized spacial score (nSPS) is 26.9. The van der Waals surface area contributed by atoms with Crippen LogP contribution in [0, 0.1) is 0 Å². The van der Waals surface area contributed by atoms with E-state index in [1.165, 1.54) is 18.7 Å². The van der Waals surface area contributed by atoms with Crippen molar-refractivity contribution in [3.63, 3.8) is 0 Å². The van der Waals surface area contributed by atoms with Crippen molar-refractivity contribution in [2.45, 2.75) is 18.3 Å². The molecule has 0 aromatic carbocycles. The number of nitrogens with one attached hydrogen (secondary N) is 1. The number of nitrogens with zero attached hydrogens (tertiary/aromatic N) is 3. The molecule has 1 unspecified atom stereocenters. The Morgan fingerprint density at radius 3 is 2.88 bits per heavy atom. The number of rotatable bonds is 2. The van der Waals surface area contributed by atoms with Crippen LogP contribution in [0.2, 0.25) is 0 Å². The molecule has 1 atom stereocenters. The monoisotopic (exact) mass is 218 g/mol. The summed E-state index contributed by atoms with van der Waals surface area (Å²) in [7, 11) is 2.18. The highest BCUT2D eigenvalue weighted by Crippen LogP contribution is 2.25. The summed E-state index contributed by atoms with van der Waals surface area (Å²) in [5.74, 6) is 2.18. The minimum absolute atomic E-state index is 0.541. The third kappa shape index (κ3) is 1.83. The predicted molar refractivity (Wildman–Crippen MR) is 62.5 cm³/mol. The number of aromatic nitrogens is 2. The van der Waals surface area contributed by atoms with Crippen LogP contribution < -0.4 is 5.32 Å². The average molecular weight is 218 g/mol. The quantitative estimate of drug-likeness (QED) is 0.788. The first kappa shape index (κ1) is 10.2. The van der Waals surface area contributed by atoms with E-state index in [0.29, 0.717) is 11.8 Å². The summed E-state index contributed by atoms with van der Waals surface area (Å²) in [5, 5.41) is 3.27. The lowest BCUT2D eigenvalue weighted by atomic mass is 10.0. The van der Waals surface area contributed by atoms with Crippen LogP contribution in [0.4, 0.5) is 0 Å². The highest BCUT2D eigenvalue weighted by Gasteiger charge is 2.25. The molecule has 0 bridgehead atoms. The van der Waals surface area contributed by atoms with Gasteiger partial charge in [0, 0.05) is 43.4 Å². The number of likely N-dealkylation sites (N-methyl/N-ethyl adjacent to an activating group) is 1. The first-order chi connectivity index (χ1) is 7.83. The van der Waals surface area contributed by atoms with Crippen LogP contribution in [0.15, 0.2) is 12.3 Å². The van der Waals surface area contributed by atoms with Crippen LogP contribution in [0.3, 0.4) is 0 Å². The van der Waals surface area contributed by atoms with Gasteiger partial charge in [-0.2, -0.15) is 0 Å². The Balaban J connectivity index is 1.79. The molecule has 1 aromatic rings. The van der Waals surface area contributed by atoms with Crippen molar-refractivity contribution in [3.05, 3.63) is 23.8 Å². The van der Waals surface area contributed by atoms with Gasteiger partial charge >= 0.3 is 0 Å². The van der Waals surface area contributed by atoms with Crippen LogP contribution >= 0.6 is 0 Å². The maximum Gasteiger partial charge on any atom is 0.134 e. The summed E-state index contributed by atoms with van der Waals surface area (Å²) in [6.07, 6.45) is 3.16. The van der Waals surface area contributed by atoms with Gasteiger partial charge in [-0.1, -0.05) is 0 Å². The molecule has 0 aliphatic carbocycles. The zero-order chi connectivity index (χ0) is 11.0. The molecule has 3 rings (SSSR count). The van der Waals surface area contributed by atoms with Crippen LogP contribution in [0.25, 0.3) is 0 Å². The number of hydrogen-bond donors (Lipinski definition) is 1. The van der Waals surface area contributed by atoms with Crippen molar-refractivity contribution in [2.24, 2.45) is 0 Å². The van der Waals surface area contributed by atoms with Gasteiger partial charge in [-0.15, -0.1) is 0 Å². The first-order valence-corrected chi connectivity index (χ1v) is 6.05. The van der Waals surface area contributed by atoms with E-state index in [0.717, 1.165) is 25.5 Å². The minimum Gasteiger partial charge on any atom is -0.315 e. The van der Waals surface area contributed by atoms with E-state index < -0.39 is 0 Å². The van der Waals surface area contributed by atoms with Crippen molar-refractivity contribution in [1.29, 1.82) is 0 Å². The summed E-state index contributed by atoms with van der Waals surface area (Å²) in [6.45, 7) is 4.40. The molecule has 16 heavy (non-hydrogen) atoms. The molecule has 0 radical (unpaired) electrons. The van der Waals surface area contributed by atoms with E-state index in [2.05, 4.69) is 28.3 Å². The van der Waals surface area contributed by atoms with Gasteiger partial charge in [0.1, 0.15) is 5.82 Å². The Labute approximate surface area is 96.1 Å². The van der Waals surface area contributed by atoms with Gasteiger partial charge in [-0.25, -0.2) is 9.97 Å². The van der Waals surface area contributed by atoms with Gasteiger partial charge in [0.15, 0.2) is 0 Å². The molecule has 2 fully saturated rings. The van der Waals surface area contributed by atoms with Gasteiger partial charge in [0.25, 0.3) is 0 Å². The largest absolute Gasteiger partial charge is 0.315 e. The topological polar surface area (TPSA) is 41.1 Å². The lowest BCUT2D eigenvalue weighted by Gasteiger charge is -2.26. The van der Waals surface area contributed by atoms with Crippen molar-refractivity contribution < 1.29 is 0 Å². The molecule has 0 saturated carbocycles. The van der Waals surface area contributed by atoms with E-state index in [-0.39, 0.29) is 0 Å². The molecule has 2 aliphatic rings. The van der Waals surface area contributed by atoms with Crippen molar-refractivity contribution in [3.8, 4) is 0 Å². The molecule has 0 spiro atoms. The Bertz CT molecular complexity index is 375. The Morgan fingerprint density at radius 1 is 1.38 bits per heavy atom. The molecule has 3 heterocycles. The molecule has 4 heteroatoms. The predicted octanol–water partition coefficient (Wildman–Crippen LogP) is 0.582. The molecule has 2 saturated heterocycles. The third-order valence-corrected chi connectivity index (χ3v) is 3.65. The highest BCUT2D eigenvalue weighted by atomic mass is 15.1. The summed E-state index contributed by atoms with van der Waals surface area (Å²) in [5.41, 5.74) is 1.24. The zero-order valence-corrected chi connectivity index (χ0v) is 9.69. The molecular weight excluding hydrogens is 200 g/mol. The maximum atomic E-state index is 4.73. The summed E-state index contributed by atoms with van der Waals surface area (Å²) < 4.78 is 0. The van der Waals surface area contributed by atoms with Crippen LogP contribution in [0.1, 0.15) is 29.8 Å². The van der Waals surface area contributed by atoms with E-state index in [4.69, 9.17) is 4.98 Å². The fourth-order valence-electron chi connectivity index (χ4n) is 2.46. The van der Waals surface area contributed by atoms with E-state index in [1.807, 2.05) is 6.20 Å². The first-order valence-electron chi connectivity index (χ1n) is 6.05. The second-order valence-electron chi connectivity index (χ2n) is 4.94. The molecule has 1 aromatic heterocycles. The van der Waals surface area contributed by atoms with Crippen molar-refractivity contribution in [1.82, 2.24) is 20.2 Å². The molecule has 2 aliphatic heterocycles. The van der Waals surface area contributed by atoms with Gasteiger partial charge in [0.05, 0.1) is 0 Å². The lowest BCUT2D eigenvalue weighted by molar-refractivity contribution is 0.408. The Hall–Kier alpha value is -1.00. The minimum atomic E-state index is 0.541. The molecule has 86 valence electrons. The van der Waals surface area contributed by atoms with Crippen molar-refractivity contribution in [2.75, 3.05) is 33.2 Å². The van der Waals surface area contributed by atoms with Gasteiger partial charge in [-0.3, -0.25) is 0 Å². The van der Waals surface area contributed by atoms with Gasteiger partial charge < -0.3 is 10.2 Å². The zero-order valence-electron chi connectivity index (χ0n) is 9.69. The van der Waals surface area contributed by atoms with Gasteiger partial charge in [-0.05, 0) is 26.1 Å². The van der Waals surface area contributed by atoms with Crippen LogP contribution in [-0.2, 0) is 0 Å². The smallest absolute Gasteiger partial charge is 0.134 e. The number of hydrogen-bond acceptors (Lipinski definition) is 4. The van der Waals surface area contributed by atoms with E-state index in [9.17, 15) is 0 Å². The lowest BCUT2D eigenvalue weighted by Crippen LogP contribution is -2.41. The average Bonchev–Trinajstić information content (AvgIpc) is 2.63. The maximum absolute atomic E-state index is 4.73. The SMILES string of the molecule is CN1CCC(c2ccnc(C3CNC3)n2)C1. The third-order valence-electron chi connectivity index (χ3n) is 3.65. The Morgan fingerprint density at radius 2 is 2.25 bits per heavy atom. The van der Waals surface area contributed by atoms with Crippen LogP contribution in [-0.4, -0.2) is 48.1 Å². The Kier molecular flexibility index (Phi) is 2.61. The summed E-state index contributed by atoms with van der Waals surface area (Å²) in [4.78, 5) is 11.5. The number of likely N-dealkylation sites (tertiary alicyclic amines) is 1. The second kappa shape index (κ2) is 4.11. The fourth-order valence-corrected chi connectivity index (χ4v) is 2.46. The molecular formula is C12H18N4. The summed E-state index contributed by atoms with van der Waals surface area (Å²) >= 11 is 0. The summed E-state index contributed by atoms with van der Waals surface area (Å²) in [6, 6.07) is 2.08. The molecule has 1 N–H and O–H groups in total. The van der Waals surface area contributed by atoms with Crippen molar-refractivity contribution >= 4 is 0 Å².